The summed E-state index contributed by atoms with van der Waals surface area (Å²) in [4.78, 5) is 31.6. The lowest BCUT2D eigenvalue weighted by atomic mass is 9.96. The topological polar surface area (TPSA) is 64.0 Å². The van der Waals surface area contributed by atoms with Crippen molar-refractivity contribution in [2.24, 2.45) is 0 Å². The Morgan fingerprint density at radius 1 is 0.895 bits per heavy atom. The summed E-state index contributed by atoms with van der Waals surface area (Å²) in [5.74, 6) is 0.907. The molecule has 0 radical (unpaired) electrons. The standard InChI is InChI=1S/C31H27N3O4/c1-20-6-4-7-21(16-20)30-26-10-5-15-32(26)24-8-2-3-9-25(24)34(30)29(35)18-33(23-12-13-23)31(36)22-11-14-27-28(17-22)38-19-37-27/h2-11,14-17,23,30H,12-13,18-19H2,1H3. The molecule has 0 saturated heterocycles. The van der Waals surface area contributed by atoms with Crippen LogP contribution in [0.1, 0.15) is 46.1 Å². The molecule has 1 unspecified atom stereocenters. The highest BCUT2D eigenvalue weighted by Gasteiger charge is 2.40. The number of aromatic nitrogens is 1. The quantitative estimate of drug-likeness (QED) is 0.371. The molecular weight excluding hydrogens is 478 g/mol. The molecule has 1 atom stereocenters. The van der Waals surface area contributed by atoms with E-state index in [1.807, 2.05) is 47.5 Å². The number of benzene rings is 3. The Hall–Kier alpha value is -4.52. The minimum atomic E-state index is -0.311. The maximum atomic E-state index is 14.3. The van der Waals surface area contributed by atoms with Crippen LogP contribution in [0, 0.1) is 6.92 Å². The molecule has 0 bridgehead atoms. The van der Waals surface area contributed by atoms with E-state index >= 15 is 0 Å². The van der Waals surface area contributed by atoms with Gasteiger partial charge in [-0.2, -0.15) is 0 Å². The number of amides is 2. The Bertz CT molecular complexity index is 1570. The van der Waals surface area contributed by atoms with Gasteiger partial charge >= 0.3 is 0 Å². The number of aryl methyl sites for hydroxylation is 1. The van der Waals surface area contributed by atoms with Gasteiger partial charge in [-0.1, -0.05) is 42.0 Å². The van der Waals surface area contributed by atoms with Gasteiger partial charge in [0.25, 0.3) is 5.91 Å². The number of hydrogen-bond donors (Lipinski definition) is 0. The fourth-order valence-electron chi connectivity index (χ4n) is 5.59. The molecule has 1 saturated carbocycles. The zero-order valence-corrected chi connectivity index (χ0v) is 21.0. The van der Waals surface area contributed by atoms with Crippen LogP contribution in [0.15, 0.2) is 85.1 Å². The second-order valence-electron chi connectivity index (χ2n) is 10.1. The predicted molar refractivity (Wildman–Crippen MR) is 143 cm³/mol. The van der Waals surface area contributed by atoms with E-state index in [2.05, 4.69) is 35.8 Å². The van der Waals surface area contributed by atoms with Crippen LogP contribution in [0.3, 0.4) is 0 Å². The third kappa shape index (κ3) is 3.74. The number of rotatable bonds is 5. The molecule has 1 aromatic heterocycles. The van der Waals surface area contributed by atoms with Crippen LogP contribution in [0.25, 0.3) is 5.69 Å². The number of para-hydroxylation sites is 2. The third-order valence-electron chi connectivity index (χ3n) is 7.52. The average molecular weight is 506 g/mol. The van der Waals surface area contributed by atoms with E-state index in [9.17, 15) is 9.59 Å². The fraction of sp³-hybridized carbons (Fsp3) is 0.226. The van der Waals surface area contributed by atoms with Crippen molar-refractivity contribution in [1.82, 2.24) is 9.47 Å². The number of ether oxygens (including phenoxy) is 2. The molecule has 4 aromatic rings. The van der Waals surface area contributed by atoms with Gasteiger partial charge in [-0.3, -0.25) is 14.5 Å². The summed E-state index contributed by atoms with van der Waals surface area (Å²) in [6.07, 6.45) is 3.83. The maximum Gasteiger partial charge on any atom is 0.254 e. The van der Waals surface area contributed by atoms with Crippen molar-refractivity contribution in [2.75, 3.05) is 18.2 Å². The lowest BCUT2D eigenvalue weighted by molar-refractivity contribution is -0.119. The van der Waals surface area contributed by atoms with Crippen molar-refractivity contribution in [3.63, 3.8) is 0 Å². The summed E-state index contributed by atoms with van der Waals surface area (Å²) in [6.45, 7) is 2.20. The SMILES string of the molecule is Cc1cccc(C2c3cccn3-c3ccccc3N2C(=O)CN(C(=O)c2ccc3c(c2)OCO3)C2CC2)c1. The van der Waals surface area contributed by atoms with Gasteiger partial charge in [-0.05, 0) is 67.8 Å². The number of hydrogen-bond acceptors (Lipinski definition) is 4. The van der Waals surface area contributed by atoms with Crippen LogP contribution in [-0.4, -0.2) is 40.7 Å². The summed E-state index contributed by atoms with van der Waals surface area (Å²) in [7, 11) is 0. The molecule has 7 nitrogen and oxygen atoms in total. The summed E-state index contributed by atoms with van der Waals surface area (Å²) >= 11 is 0. The van der Waals surface area contributed by atoms with E-state index in [0.717, 1.165) is 41.0 Å². The van der Waals surface area contributed by atoms with Crippen molar-refractivity contribution < 1.29 is 19.1 Å². The van der Waals surface area contributed by atoms with Crippen molar-refractivity contribution >= 4 is 17.5 Å². The zero-order valence-electron chi connectivity index (χ0n) is 21.0. The highest BCUT2D eigenvalue weighted by atomic mass is 16.7. The van der Waals surface area contributed by atoms with Gasteiger partial charge in [-0.25, -0.2) is 0 Å². The minimum absolute atomic E-state index is 0.00466. The molecule has 2 aliphatic heterocycles. The van der Waals surface area contributed by atoms with Crippen molar-refractivity contribution in [1.29, 1.82) is 0 Å². The van der Waals surface area contributed by atoms with E-state index in [1.54, 1.807) is 23.1 Å². The number of carbonyl (C=O) groups is 2. The molecule has 3 heterocycles. The number of anilines is 1. The molecule has 0 spiro atoms. The molecule has 7 heteroatoms. The first kappa shape index (κ1) is 22.7. The van der Waals surface area contributed by atoms with Crippen molar-refractivity contribution in [3.05, 3.63) is 107 Å². The van der Waals surface area contributed by atoms with Crippen LogP contribution in [0.2, 0.25) is 0 Å². The second kappa shape index (κ2) is 8.80. The lowest BCUT2D eigenvalue weighted by Crippen LogP contribution is -2.47. The minimum Gasteiger partial charge on any atom is -0.454 e. The molecule has 1 fully saturated rings. The van der Waals surface area contributed by atoms with Gasteiger partial charge in [0.2, 0.25) is 12.7 Å². The van der Waals surface area contributed by atoms with E-state index in [-0.39, 0.29) is 37.2 Å². The first-order valence-electron chi connectivity index (χ1n) is 12.9. The molecule has 2 amide bonds. The molecule has 1 aliphatic carbocycles. The van der Waals surface area contributed by atoms with E-state index in [0.29, 0.717) is 17.1 Å². The van der Waals surface area contributed by atoms with Gasteiger partial charge in [0.1, 0.15) is 12.6 Å². The third-order valence-corrected chi connectivity index (χ3v) is 7.52. The smallest absolute Gasteiger partial charge is 0.254 e. The number of carbonyl (C=O) groups excluding carboxylic acids is 2. The largest absolute Gasteiger partial charge is 0.454 e. The Morgan fingerprint density at radius 3 is 2.53 bits per heavy atom. The van der Waals surface area contributed by atoms with Crippen LogP contribution < -0.4 is 14.4 Å². The van der Waals surface area contributed by atoms with Crippen LogP contribution >= 0.6 is 0 Å². The molecule has 7 rings (SSSR count). The number of fused-ring (bicyclic) bond motifs is 4. The first-order chi connectivity index (χ1) is 18.6. The summed E-state index contributed by atoms with van der Waals surface area (Å²) in [5.41, 5.74) is 5.46. The fourth-order valence-corrected chi connectivity index (χ4v) is 5.59. The van der Waals surface area contributed by atoms with Crippen molar-refractivity contribution in [2.45, 2.75) is 31.8 Å². The van der Waals surface area contributed by atoms with Crippen molar-refractivity contribution in [3.8, 4) is 17.2 Å². The normalized spacial score (nSPS) is 17.1. The van der Waals surface area contributed by atoms with E-state index in [4.69, 9.17) is 9.47 Å². The molecule has 190 valence electrons. The molecule has 3 aromatic carbocycles. The Labute approximate surface area is 220 Å². The highest BCUT2D eigenvalue weighted by molar-refractivity contribution is 6.03. The van der Waals surface area contributed by atoms with Gasteiger partial charge in [0, 0.05) is 17.8 Å². The lowest BCUT2D eigenvalue weighted by Gasteiger charge is -2.39. The zero-order chi connectivity index (χ0) is 25.8. The Balaban J connectivity index is 1.27. The average Bonchev–Trinajstić information content (AvgIpc) is 3.45. The predicted octanol–water partition coefficient (Wildman–Crippen LogP) is 5.26. The first-order valence-corrected chi connectivity index (χ1v) is 12.9. The molecular formula is C31H27N3O4. The van der Waals surface area contributed by atoms with Gasteiger partial charge in [-0.15, -0.1) is 0 Å². The van der Waals surface area contributed by atoms with Gasteiger partial charge < -0.3 is 18.9 Å². The Morgan fingerprint density at radius 2 is 1.71 bits per heavy atom. The van der Waals surface area contributed by atoms with Gasteiger partial charge in [0.15, 0.2) is 11.5 Å². The van der Waals surface area contributed by atoms with E-state index in [1.165, 1.54) is 0 Å². The summed E-state index contributed by atoms with van der Waals surface area (Å²) < 4.78 is 13.0. The molecule has 0 N–H and O–H groups in total. The van der Waals surface area contributed by atoms with E-state index < -0.39 is 0 Å². The van der Waals surface area contributed by atoms with Crippen LogP contribution in [0.4, 0.5) is 5.69 Å². The summed E-state index contributed by atoms with van der Waals surface area (Å²) in [6, 6.07) is 25.3. The number of nitrogens with zero attached hydrogens (tertiary/aromatic N) is 3. The van der Waals surface area contributed by atoms with Gasteiger partial charge in [0.05, 0.1) is 17.1 Å². The second-order valence-corrected chi connectivity index (χ2v) is 10.1. The molecule has 38 heavy (non-hydrogen) atoms. The van der Waals surface area contributed by atoms with Crippen LogP contribution in [-0.2, 0) is 4.79 Å². The monoisotopic (exact) mass is 505 g/mol. The van der Waals surface area contributed by atoms with Crippen LogP contribution in [0.5, 0.6) is 11.5 Å². The highest BCUT2D eigenvalue weighted by Crippen LogP contribution is 2.43. The summed E-state index contributed by atoms with van der Waals surface area (Å²) in [5, 5.41) is 0. The Kier molecular flexibility index (Phi) is 5.25. The molecule has 3 aliphatic rings. The maximum absolute atomic E-state index is 14.3.